The molecule has 2 N–H and O–H groups in total. The Labute approximate surface area is 115 Å². The van der Waals surface area contributed by atoms with E-state index in [1.165, 1.54) is 0 Å². The van der Waals surface area contributed by atoms with Crippen LogP contribution in [-0.4, -0.2) is 22.5 Å². The zero-order chi connectivity index (χ0) is 15.1. The van der Waals surface area contributed by atoms with E-state index in [9.17, 15) is 19.3 Å². The van der Waals surface area contributed by atoms with Crippen molar-refractivity contribution >= 4 is 17.3 Å². The normalized spacial score (nSPS) is 10.3. The van der Waals surface area contributed by atoms with Gasteiger partial charge in [0.05, 0.1) is 4.92 Å². The van der Waals surface area contributed by atoms with Crippen molar-refractivity contribution in [3.8, 4) is 0 Å². The van der Waals surface area contributed by atoms with Crippen LogP contribution in [-0.2, 0) is 0 Å². The Kier molecular flexibility index (Phi) is 5.89. The predicted octanol–water partition coefficient (Wildman–Crippen LogP) is 3.42. The fraction of sp³-hybridized carbons (Fsp3) is 0.462. The second kappa shape index (κ2) is 7.42. The van der Waals surface area contributed by atoms with Gasteiger partial charge in [-0.3, -0.25) is 10.1 Å². The number of nitro benzene ring substituents is 1. The van der Waals surface area contributed by atoms with Crippen molar-refractivity contribution in [2.45, 2.75) is 32.6 Å². The molecule has 0 spiro atoms. The molecule has 0 atom stereocenters. The molecule has 0 aliphatic heterocycles. The van der Waals surface area contributed by atoms with Crippen LogP contribution < -0.4 is 5.32 Å². The van der Waals surface area contributed by atoms with Crippen LogP contribution in [0, 0.1) is 15.9 Å². The summed E-state index contributed by atoms with van der Waals surface area (Å²) in [6.45, 7) is 2.55. The zero-order valence-corrected chi connectivity index (χ0v) is 11.2. The molecular formula is C13H17FN2O4. The molecule has 0 aliphatic rings. The summed E-state index contributed by atoms with van der Waals surface area (Å²) in [6.07, 6.45) is 3.93. The van der Waals surface area contributed by atoms with E-state index in [-0.39, 0.29) is 5.69 Å². The topological polar surface area (TPSA) is 92.5 Å². The van der Waals surface area contributed by atoms with Crippen LogP contribution in [0.15, 0.2) is 12.1 Å². The third-order valence-electron chi connectivity index (χ3n) is 2.86. The summed E-state index contributed by atoms with van der Waals surface area (Å²) in [4.78, 5) is 20.9. The number of hydrogen-bond donors (Lipinski definition) is 2. The van der Waals surface area contributed by atoms with Gasteiger partial charge in [-0.2, -0.15) is 0 Å². The lowest BCUT2D eigenvalue weighted by Crippen LogP contribution is -2.08. The van der Waals surface area contributed by atoms with Crippen molar-refractivity contribution in [3.05, 3.63) is 33.6 Å². The average molecular weight is 284 g/mol. The molecule has 0 aromatic heterocycles. The first-order chi connectivity index (χ1) is 9.47. The minimum atomic E-state index is -1.53. The summed E-state index contributed by atoms with van der Waals surface area (Å²) in [5, 5.41) is 22.4. The average Bonchev–Trinajstić information content (AvgIpc) is 2.37. The minimum Gasteiger partial charge on any atom is -0.478 e. The number of halogens is 1. The number of rotatable bonds is 8. The van der Waals surface area contributed by atoms with Crippen molar-refractivity contribution in [2.24, 2.45) is 0 Å². The van der Waals surface area contributed by atoms with Gasteiger partial charge >= 0.3 is 5.97 Å². The number of unbranched alkanes of at least 4 members (excludes halogenated alkanes) is 3. The standard InChI is InChI=1S/C13H17FN2O4/c1-2-3-4-5-6-15-11-8-10(14)9(13(17)18)7-12(11)16(19)20/h7-8,15H,2-6H2,1H3,(H,17,18). The Morgan fingerprint density at radius 1 is 1.40 bits per heavy atom. The van der Waals surface area contributed by atoms with E-state index in [1.807, 2.05) is 0 Å². The number of benzene rings is 1. The predicted molar refractivity (Wildman–Crippen MR) is 72.6 cm³/mol. The van der Waals surface area contributed by atoms with Gasteiger partial charge in [0, 0.05) is 18.7 Å². The van der Waals surface area contributed by atoms with Crippen LogP contribution in [0.1, 0.15) is 43.0 Å². The first-order valence-corrected chi connectivity index (χ1v) is 6.42. The van der Waals surface area contributed by atoms with Crippen LogP contribution in [0.3, 0.4) is 0 Å². The number of nitrogens with one attached hydrogen (secondary N) is 1. The second-order valence-electron chi connectivity index (χ2n) is 4.40. The number of carboxylic acids is 1. The number of aromatic carboxylic acids is 1. The molecular weight excluding hydrogens is 267 g/mol. The van der Waals surface area contributed by atoms with Gasteiger partial charge in [-0.1, -0.05) is 26.2 Å². The highest BCUT2D eigenvalue weighted by Gasteiger charge is 2.21. The van der Waals surface area contributed by atoms with Crippen LogP contribution in [0.2, 0.25) is 0 Å². The fourth-order valence-corrected chi connectivity index (χ4v) is 1.79. The van der Waals surface area contributed by atoms with E-state index in [0.717, 1.165) is 37.8 Å². The Morgan fingerprint density at radius 2 is 2.10 bits per heavy atom. The van der Waals surface area contributed by atoms with Crippen LogP contribution in [0.4, 0.5) is 15.8 Å². The molecule has 0 aliphatic carbocycles. The van der Waals surface area contributed by atoms with Crippen molar-refractivity contribution in [3.63, 3.8) is 0 Å². The highest BCUT2D eigenvalue weighted by molar-refractivity contribution is 5.90. The number of carbonyl (C=O) groups is 1. The lowest BCUT2D eigenvalue weighted by atomic mass is 10.1. The molecule has 0 bridgehead atoms. The number of carboxylic acid groups (broad SMARTS) is 1. The van der Waals surface area contributed by atoms with E-state index < -0.39 is 28.0 Å². The number of nitrogens with zero attached hydrogens (tertiary/aromatic N) is 1. The molecule has 0 fully saturated rings. The first-order valence-electron chi connectivity index (χ1n) is 6.42. The summed E-state index contributed by atoms with van der Waals surface area (Å²) >= 11 is 0. The van der Waals surface area contributed by atoms with E-state index in [1.54, 1.807) is 0 Å². The lowest BCUT2D eigenvalue weighted by Gasteiger charge is -2.08. The number of anilines is 1. The monoisotopic (exact) mass is 284 g/mol. The molecule has 0 amide bonds. The van der Waals surface area contributed by atoms with Gasteiger partial charge in [0.2, 0.25) is 0 Å². The summed E-state index contributed by atoms with van der Waals surface area (Å²) in [5.74, 6) is -2.51. The third kappa shape index (κ3) is 4.18. The Bertz CT molecular complexity index is 505. The SMILES string of the molecule is CCCCCCNc1cc(F)c(C(=O)O)cc1[N+](=O)[O-]. The fourth-order valence-electron chi connectivity index (χ4n) is 1.79. The molecule has 20 heavy (non-hydrogen) atoms. The van der Waals surface area contributed by atoms with E-state index in [4.69, 9.17) is 5.11 Å². The molecule has 0 saturated carbocycles. The molecule has 1 aromatic rings. The molecule has 0 unspecified atom stereocenters. The van der Waals surface area contributed by atoms with Crippen molar-refractivity contribution in [2.75, 3.05) is 11.9 Å². The molecule has 6 nitrogen and oxygen atoms in total. The van der Waals surface area contributed by atoms with Crippen molar-refractivity contribution < 1.29 is 19.2 Å². The maximum atomic E-state index is 13.5. The quantitative estimate of drug-likeness (QED) is 0.433. The van der Waals surface area contributed by atoms with E-state index in [2.05, 4.69) is 12.2 Å². The Morgan fingerprint density at radius 3 is 2.65 bits per heavy atom. The molecule has 1 aromatic carbocycles. The molecule has 110 valence electrons. The summed E-state index contributed by atoms with van der Waals surface area (Å²) in [5.41, 5.74) is -1.12. The third-order valence-corrected chi connectivity index (χ3v) is 2.86. The van der Waals surface area contributed by atoms with Crippen molar-refractivity contribution in [1.82, 2.24) is 0 Å². The Balaban J connectivity index is 2.86. The van der Waals surface area contributed by atoms with Gasteiger partial charge in [0.15, 0.2) is 0 Å². The van der Waals surface area contributed by atoms with Gasteiger partial charge in [-0.15, -0.1) is 0 Å². The number of hydrogen-bond acceptors (Lipinski definition) is 4. The number of nitro groups is 1. The largest absolute Gasteiger partial charge is 0.478 e. The smallest absolute Gasteiger partial charge is 0.338 e. The van der Waals surface area contributed by atoms with Gasteiger partial charge in [0.25, 0.3) is 5.69 Å². The van der Waals surface area contributed by atoms with Crippen LogP contribution >= 0.6 is 0 Å². The molecule has 0 heterocycles. The highest BCUT2D eigenvalue weighted by Crippen LogP contribution is 2.28. The summed E-state index contributed by atoms with van der Waals surface area (Å²) in [6, 6.07) is 1.60. The molecule has 0 radical (unpaired) electrons. The van der Waals surface area contributed by atoms with E-state index >= 15 is 0 Å². The van der Waals surface area contributed by atoms with Crippen molar-refractivity contribution in [1.29, 1.82) is 0 Å². The highest BCUT2D eigenvalue weighted by atomic mass is 19.1. The van der Waals surface area contributed by atoms with Gasteiger partial charge in [0.1, 0.15) is 17.1 Å². The second-order valence-corrected chi connectivity index (χ2v) is 4.40. The van der Waals surface area contributed by atoms with Gasteiger partial charge in [-0.05, 0) is 6.42 Å². The molecule has 1 rings (SSSR count). The maximum Gasteiger partial charge on any atom is 0.338 e. The van der Waals surface area contributed by atoms with Gasteiger partial charge in [-0.25, -0.2) is 9.18 Å². The summed E-state index contributed by atoms with van der Waals surface area (Å²) < 4.78 is 13.5. The summed E-state index contributed by atoms with van der Waals surface area (Å²) in [7, 11) is 0. The first kappa shape index (κ1) is 15.9. The minimum absolute atomic E-state index is 0.00833. The van der Waals surface area contributed by atoms with Crippen LogP contribution in [0.25, 0.3) is 0 Å². The zero-order valence-electron chi connectivity index (χ0n) is 11.2. The molecule has 0 saturated heterocycles. The van der Waals surface area contributed by atoms with Crippen LogP contribution in [0.5, 0.6) is 0 Å². The lowest BCUT2D eigenvalue weighted by molar-refractivity contribution is -0.384. The Hall–Kier alpha value is -2.18. The maximum absolute atomic E-state index is 13.5. The van der Waals surface area contributed by atoms with E-state index in [0.29, 0.717) is 6.54 Å². The van der Waals surface area contributed by atoms with Gasteiger partial charge < -0.3 is 10.4 Å². The molecule has 7 heteroatoms.